The maximum atomic E-state index is 14.0. The molecule has 0 spiro atoms. The topological polar surface area (TPSA) is 42.0 Å². The summed E-state index contributed by atoms with van der Waals surface area (Å²) in [6.07, 6.45) is 1.57. The molecule has 19 heavy (non-hydrogen) atoms. The highest BCUT2D eigenvalue weighted by molar-refractivity contribution is 5.92. The quantitative estimate of drug-likeness (QED) is 0.807. The molecule has 0 saturated carbocycles. The van der Waals surface area contributed by atoms with Gasteiger partial charge in [-0.25, -0.2) is 9.37 Å². The number of alkyl halides is 1. The fourth-order valence-corrected chi connectivity index (χ4v) is 1.89. The lowest BCUT2D eigenvalue weighted by Gasteiger charge is -2.27. The van der Waals surface area contributed by atoms with Crippen LogP contribution in [0.25, 0.3) is 0 Å². The molecule has 0 unspecified atom stereocenters. The molecule has 1 heterocycles. The Bertz CT molecular complexity index is 445. The molecular formula is C14H20F2N2O. The highest BCUT2D eigenvalue weighted by atomic mass is 19.1. The van der Waals surface area contributed by atoms with Gasteiger partial charge in [0.1, 0.15) is 12.4 Å². The third-order valence-corrected chi connectivity index (χ3v) is 3.67. The van der Waals surface area contributed by atoms with Crippen LogP contribution in [-0.4, -0.2) is 24.1 Å². The van der Waals surface area contributed by atoms with Gasteiger partial charge >= 0.3 is 0 Å². The van der Waals surface area contributed by atoms with Crippen molar-refractivity contribution < 1.29 is 13.6 Å². The Morgan fingerprint density at radius 2 is 2.00 bits per heavy atom. The first kappa shape index (κ1) is 15.5. The SMILES string of the molecule is CCC(C)(CC)c1ccc(C(=O)NCCF)nc1F. The Morgan fingerprint density at radius 1 is 1.37 bits per heavy atom. The first-order chi connectivity index (χ1) is 8.98. The molecule has 0 aliphatic carbocycles. The molecule has 0 radical (unpaired) electrons. The smallest absolute Gasteiger partial charge is 0.270 e. The van der Waals surface area contributed by atoms with Crippen LogP contribution >= 0.6 is 0 Å². The van der Waals surface area contributed by atoms with E-state index < -0.39 is 18.5 Å². The standard InChI is InChI=1S/C14H20F2N2O/c1-4-14(3,5-2)10-6-7-11(18-12(10)16)13(19)17-9-8-15/h6-7H,4-5,8-9H2,1-3H3,(H,17,19). The van der Waals surface area contributed by atoms with Gasteiger partial charge in [0.2, 0.25) is 5.95 Å². The lowest BCUT2D eigenvalue weighted by molar-refractivity contribution is 0.0944. The number of amides is 1. The van der Waals surface area contributed by atoms with E-state index in [1.807, 2.05) is 20.8 Å². The number of halogens is 2. The Morgan fingerprint density at radius 3 is 2.47 bits per heavy atom. The van der Waals surface area contributed by atoms with Gasteiger partial charge in [-0.3, -0.25) is 4.79 Å². The molecule has 0 atom stereocenters. The van der Waals surface area contributed by atoms with Crippen LogP contribution in [0.2, 0.25) is 0 Å². The highest BCUT2D eigenvalue weighted by Crippen LogP contribution is 2.32. The van der Waals surface area contributed by atoms with Crippen LogP contribution in [0.3, 0.4) is 0 Å². The lowest BCUT2D eigenvalue weighted by atomic mass is 9.78. The lowest BCUT2D eigenvalue weighted by Crippen LogP contribution is -2.28. The maximum Gasteiger partial charge on any atom is 0.270 e. The fraction of sp³-hybridized carbons (Fsp3) is 0.571. The number of hydrogen-bond acceptors (Lipinski definition) is 2. The van der Waals surface area contributed by atoms with Crippen LogP contribution in [0.1, 0.15) is 49.7 Å². The molecule has 0 aliphatic rings. The molecule has 1 aromatic rings. The molecule has 1 rings (SSSR count). The third kappa shape index (κ3) is 3.49. The van der Waals surface area contributed by atoms with Gasteiger partial charge in [-0.2, -0.15) is 4.39 Å². The summed E-state index contributed by atoms with van der Waals surface area (Å²) in [4.78, 5) is 15.2. The first-order valence-corrected chi connectivity index (χ1v) is 6.49. The zero-order valence-corrected chi connectivity index (χ0v) is 11.6. The van der Waals surface area contributed by atoms with E-state index in [1.54, 1.807) is 6.07 Å². The zero-order chi connectivity index (χ0) is 14.5. The minimum Gasteiger partial charge on any atom is -0.348 e. The van der Waals surface area contributed by atoms with E-state index in [0.717, 1.165) is 12.8 Å². The van der Waals surface area contributed by atoms with Crippen LogP contribution in [0.15, 0.2) is 12.1 Å². The van der Waals surface area contributed by atoms with Crippen molar-refractivity contribution in [2.75, 3.05) is 13.2 Å². The van der Waals surface area contributed by atoms with Crippen LogP contribution in [0, 0.1) is 5.95 Å². The van der Waals surface area contributed by atoms with Crippen molar-refractivity contribution in [3.63, 3.8) is 0 Å². The largest absolute Gasteiger partial charge is 0.348 e. The number of nitrogens with one attached hydrogen (secondary N) is 1. The van der Waals surface area contributed by atoms with Crippen molar-refractivity contribution in [3.8, 4) is 0 Å². The summed E-state index contributed by atoms with van der Waals surface area (Å²) < 4.78 is 26.0. The number of pyridine rings is 1. The Kier molecular flexibility index (Phi) is 5.39. The minimum absolute atomic E-state index is 0.0238. The number of hydrogen-bond donors (Lipinski definition) is 1. The van der Waals surface area contributed by atoms with Gasteiger partial charge in [0, 0.05) is 12.1 Å². The van der Waals surface area contributed by atoms with Crippen LogP contribution in [-0.2, 0) is 5.41 Å². The molecule has 1 aromatic heterocycles. The van der Waals surface area contributed by atoms with E-state index >= 15 is 0 Å². The van der Waals surface area contributed by atoms with Crippen LogP contribution in [0.4, 0.5) is 8.78 Å². The van der Waals surface area contributed by atoms with Gasteiger partial charge in [-0.1, -0.05) is 26.8 Å². The number of carbonyl (C=O) groups is 1. The average molecular weight is 270 g/mol. The Labute approximate surface area is 112 Å². The van der Waals surface area contributed by atoms with Crippen LogP contribution < -0.4 is 5.32 Å². The maximum absolute atomic E-state index is 14.0. The number of aromatic nitrogens is 1. The molecule has 1 N–H and O–H groups in total. The minimum atomic E-state index is -0.657. The molecule has 0 aliphatic heterocycles. The predicted octanol–water partition coefficient (Wildman–Crippen LogP) is 3.00. The van der Waals surface area contributed by atoms with E-state index in [2.05, 4.69) is 10.3 Å². The van der Waals surface area contributed by atoms with E-state index in [9.17, 15) is 13.6 Å². The van der Waals surface area contributed by atoms with Crippen molar-refractivity contribution in [1.29, 1.82) is 0 Å². The molecule has 0 aromatic carbocycles. The summed E-state index contributed by atoms with van der Waals surface area (Å²) in [5.74, 6) is -1.18. The van der Waals surface area contributed by atoms with Crippen molar-refractivity contribution in [2.24, 2.45) is 0 Å². The van der Waals surface area contributed by atoms with Gasteiger partial charge in [0.15, 0.2) is 0 Å². The van der Waals surface area contributed by atoms with Gasteiger partial charge in [-0.05, 0) is 24.3 Å². The fourth-order valence-electron chi connectivity index (χ4n) is 1.89. The van der Waals surface area contributed by atoms with Gasteiger partial charge in [-0.15, -0.1) is 0 Å². The summed E-state index contributed by atoms with van der Waals surface area (Å²) in [6.45, 7) is 5.20. The third-order valence-electron chi connectivity index (χ3n) is 3.67. The highest BCUT2D eigenvalue weighted by Gasteiger charge is 2.27. The molecule has 106 valence electrons. The average Bonchev–Trinajstić information content (AvgIpc) is 2.43. The molecule has 1 amide bonds. The second kappa shape index (κ2) is 6.59. The van der Waals surface area contributed by atoms with E-state index in [4.69, 9.17) is 0 Å². The second-order valence-electron chi connectivity index (χ2n) is 4.75. The zero-order valence-electron chi connectivity index (χ0n) is 11.6. The molecular weight excluding hydrogens is 250 g/mol. The normalized spacial score (nSPS) is 11.4. The Balaban J connectivity index is 3.00. The summed E-state index contributed by atoms with van der Waals surface area (Å²) in [6, 6.07) is 3.08. The second-order valence-corrected chi connectivity index (χ2v) is 4.75. The summed E-state index contributed by atoms with van der Waals surface area (Å²) in [5, 5.41) is 2.32. The molecule has 0 saturated heterocycles. The summed E-state index contributed by atoms with van der Waals surface area (Å²) in [7, 11) is 0. The van der Waals surface area contributed by atoms with Gasteiger partial charge in [0.25, 0.3) is 5.91 Å². The number of nitrogens with zero attached hydrogens (tertiary/aromatic N) is 1. The number of rotatable bonds is 6. The Hall–Kier alpha value is -1.52. The number of carbonyl (C=O) groups excluding carboxylic acids is 1. The van der Waals surface area contributed by atoms with Crippen molar-refractivity contribution in [3.05, 3.63) is 29.3 Å². The first-order valence-electron chi connectivity index (χ1n) is 6.49. The van der Waals surface area contributed by atoms with Gasteiger partial charge in [0.05, 0.1) is 0 Å². The molecule has 0 fully saturated rings. The molecule has 5 heteroatoms. The monoisotopic (exact) mass is 270 g/mol. The van der Waals surface area contributed by atoms with E-state index in [0.29, 0.717) is 5.56 Å². The van der Waals surface area contributed by atoms with Crippen LogP contribution in [0.5, 0.6) is 0 Å². The van der Waals surface area contributed by atoms with E-state index in [-0.39, 0.29) is 17.7 Å². The van der Waals surface area contributed by atoms with E-state index in [1.165, 1.54) is 6.07 Å². The summed E-state index contributed by atoms with van der Waals surface area (Å²) in [5.41, 5.74) is 0.203. The van der Waals surface area contributed by atoms with Gasteiger partial charge < -0.3 is 5.32 Å². The molecule has 3 nitrogen and oxygen atoms in total. The van der Waals surface area contributed by atoms with Crippen molar-refractivity contribution in [1.82, 2.24) is 10.3 Å². The predicted molar refractivity (Wildman–Crippen MR) is 70.4 cm³/mol. The summed E-state index contributed by atoms with van der Waals surface area (Å²) >= 11 is 0. The van der Waals surface area contributed by atoms with Crippen molar-refractivity contribution >= 4 is 5.91 Å². The molecule has 0 bridgehead atoms. The van der Waals surface area contributed by atoms with Crippen molar-refractivity contribution in [2.45, 2.75) is 39.0 Å².